The molecule has 0 radical (unpaired) electrons. The molecule has 1 saturated heterocycles. The summed E-state index contributed by atoms with van der Waals surface area (Å²) in [5, 5.41) is 7.65. The van der Waals surface area contributed by atoms with Crippen LogP contribution < -0.4 is 0 Å². The van der Waals surface area contributed by atoms with Gasteiger partial charge in [0.1, 0.15) is 9.90 Å². The highest BCUT2D eigenvalue weighted by Gasteiger charge is 2.28. The zero-order valence-electron chi connectivity index (χ0n) is 18.8. The van der Waals surface area contributed by atoms with Crippen LogP contribution in [0, 0.1) is 19.3 Å². The van der Waals surface area contributed by atoms with Gasteiger partial charge in [-0.25, -0.2) is 4.98 Å². The smallest absolute Gasteiger partial charge is 0.332 e. The highest BCUT2D eigenvalue weighted by molar-refractivity contribution is 7.86. The van der Waals surface area contributed by atoms with Crippen molar-refractivity contribution in [3.8, 4) is 23.0 Å². The molecule has 1 N–H and O–H groups in total. The van der Waals surface area contributed by atoms with E-state index >= 15 is 0 Å². The van der Waals surface area contributed by atoms with Gasteiger partial charge in [0, 0.05) is 48.9 Å². The lowest BCUT2D eigenvalue weighted by molar-refractivity contribution is -0.135. The summed E-state index contributed by atoms with van der Waals surface area (Å²) in [6, 6.07) is 5.94. The van der Waals surface area contributed by atoms with Gasteiger partial charge in [-0.3, -0.25) is 14.8 Å². The minimum Gasteiger partial charge on any atom is -0.337 e. The summed E-state index contributed by atoms with van der Waals surface area (Å²) < 4.78 is 36.2. The number of thiazole rings is 1. The standard InChI is InChI=1S/C23H24FN5O3S2/c1-4-17-9-18(11-19(10-17)34(24,31)32)14-28-7-8-29(15(2)13-28)22(30)12-21-16(3)26-23(33-21)20-5-6-25-27-20/h1,5-6,9-11,15H,7-8,12-14H2,2-3H3,(H,25,27)/t15-/m0/s1. The van der Waals surface area contributed by atoms with E-state index < -0.39 is 15.1 Å². The summed E-state index contributed by atoms with van der Waals surface area (Å²) >= 11 is 1.48. The number of hydrogen-bond acceptors (Lipinski definition) is 7. The highest BCUT2D eigenvalue weighted by Crippen LogP contribution is 2.27. The van der Waals surface area contributed by atoms with E-state index in [0.717, 1.165) is 27.3 Å². The number of nitrogens with one attached hydrogen (secondary N) is 1. The molecule has 3 heterocycles. The van der Waals surface area contributed by atoms with E-state index in [-0.39, 0.29) is 18.4 Å². The van der Waals surface area contributed by atoms with Crippen LogP contribution in [0.4, 0.5) is 3.89 Å². The van der Waals surface area contributed by atoms with Crippen LogP contribution in [0.3, 0.4) is 0 Å². The quantitative estimate of drug-likeness (QED) is 0.412. The van der Waals surface area contributed by atoms with E-state index in [1.807, 2.05) is 24.8 Å². The molecule has 1 aromatic carbocycles. The van der Waals surface area contributed by atoms with Crippen LogP contribution in [-0.4, -0.2) is 65.0 Å². The first kappa shape index (κ1) is 24.1. The maximum Gasteiger partial charge on any atom is 0.332 e. The summed E-state index contributed by atoms with van der Waals surface area (Å²) in [4.78, 5) is 22.1. The van der Waals surface area contributed by atoms with Crippen LogP contribution in [0.25, 0.3) is 10.7 Å². The third-order valence-electron chi connectivity index (χ3n) is 5.79. The third-order valence-corrected chi connectivity index (χ3v) is 7.78. The number of piperazine rings is 1. The predicted octanol–water partition coefficient (Wildman–Crippen LogP) is 2.76. The third kappa shape index (κ3) is 5.35. The Morgan fingerprint density at radius 1 is 1.35 bits per heavy atom. The number of amides is 1. The molecule has 178 valence electrons. The number of hydrogen-bond donors (Lipinski definition) is 1. The molecule has 0 aliphatic carbocycles. The van der Waals surface area contributed by atoms with Gasteiger partial charge in [-0.2, -0.15) is 13.5 Å². The van der Waals surface area contributed by atoms with Gasteiger partial charge in [0.05, 0.1) is 17.8 Å². The second kappa shape index (κ2) is 9.66. The number of aromatic nitrogens is 3. The largest absolute Gasteiger partial charge is 0.337 e. The number of nitrogens with zero attached hydrogens (tertiary/aromatic N) is 4. The van der Waals surface area contributed by atoms with Crippen LogP contribution in [0.1, 0.15) is 28.6 Å². The number of halogens is 1. The average molecular weight is 502 g/mol. The van der Waals surface area contributed by atoms with Gasteiger partial charge in [-0.15, -0.1) is 21.6 Å². The van der Waals surface area contributed by atoms with E-state index in [9.17, 15) is 17.1 Å². The zero-order chi connectivity index (χ0) is 24.5. The van der Waals surface area contributed by atoms with Gasteiger partial charge in [-0.1, -0.05) is 5.92 Å². The number of aryl methyl sites for hydroxylation is 1. The Morgan fingerprint density at radius 2 is 2.15 bits per heavy atom. The number of rotatable bonds is 6. The van der Waals surface area contributed by atoms with E-state index in [0.29, 0.717) is 37.3 Å². The molecule has 1 atom stereocenters. The highest BCUT2D eigenvalue weighted by atomic mass is 32.3. The molecule has 0 unspecified atom stereocenters. The summed E-state index contributed by atoms with van der Waals surface area (Å²) in [7, 11) is -4.85. The molecular weight excluding hydrogens is 477 g/mol. The molecule has 34 heavy (non-hydrogen) atoms. The number of aromatic amines is 1. The lowest BCUT2D eigenvalue weighted by Gasteiger charge is -2.40. The Balaban J connectivity index is 1.40. The lowest BCUT2D eigenvalue weighted by Crippen LogP contribution is -2.54. The maximum absolute atomic E-state index is 13.5. The summed E-state index contributed by atoms with van der Waals surface area (Å²) in [5.41, 5.74) is 2.59. The van der Waals surface area contributed by atoms with Crippen LogP contribution in [0.2, 0.25) is 0 Å². The van der Waals surface area contributed by atoms with Crippen molar-refractivity contribution in [1.82, 2.24) is 25.0 Å². The summed E-state index contributed by atoms with van der Waals surface area (Å²) in [6.07, 6.45) is 7.35. The molecule has 2 aromatic heterocycles. The molecular formula is C23H24FN5O3S2. The van der Waals surface area contributed by atoms with Crippen molar-refractivity contribution >= 4 is 27.5 Å². The average Bonchev–Trinajstić information content (AvgIpc) is 3.43. The number of H-pyrrole nitrogens is 1. The summed E-state index contributed by atoms with van der Waals surface area (Å²) in [6.45, 7) is 6.03. The van der Waals surface area contributed by atoms with Gasteiger partial charge in [0.15, 0.2) is 0 Å². The molecule has 11 heteroatoms. The van der Waals surface area contributed by atoms with Gasteiger partial charge in [0.2, 0.25) is 5.91 Å². The van der Waals surface area contributed by atoms with Crippen molar-refractivity contribution in [3.63, 3.8) is 0 Å². The van der Waals surface area contributed by atoms with Gasteiger partial charge in [-0.05, 0) is 43.7 Å². The maximum atomic E-state index is 13.5. The normalized spacial score (nSPS) is 17.0. The van der Waals surface area contributed by atoms with Crippen LogP contribution >= 0.6 is 11.3 Å². The van der Waals surface area contributed by atoms with Crippen molar-refractivity contribution in [2.45, 2.75) is 37.8 Å². The molecule has 0 saturated carbocycles. The Bertz CT molecular complexity index is 1350. The first-order valence-corrected chi connectivity index (χ1v) is 12.9. The van der Waals surface area contributed by atoms with Crippen molar-refractivity contribution in [3.05, 3.63) is 52.2 Å². The van der Waals surface area contributed by atoms with Gasteiger partial charge < -0.3 is 4.90 Å². The SMILES string of the molecule is C#Cc1cc(CN2CCN(C(=O)Cc3sc(-c4ccn[nH]4)nc3C)[C@@H](C)C2)cc(S(=O)(=O)F)c1. The number of terminal acetylenes is 1. The van der Waals surface area contributed by atoms with Crippen LogP contribution in [-0.2, 0) is 28.0 Å². The fraction of sp³-hybridized carbons (Fsp3) is 0.348. The van der Waals surface area contributed by atoms with Crippen LogP contribution in [0.5, 0.6) is 0 Å². The molecule has 4 rings (SSSR count). The van der Waals surface area contributed by atoms with Crippen molar-refractivity contribution < 1.29 is 17.1 Å². The second-order valence-electron chi connectivity index (χ2n) is 8.29. The second-order valence-corrected chi connectivity index (χ2v) is 10.7. The van der Waals surface area contributed by atoms with Gasteiger partial charge >= 0.3 is 10.2 Å². The fourth-order valence-corrected chi connectivity index (χ4v) is 5.69. The van der Waals surface area contributed by atoms with E-state index in [1.165, 1.54) is 17.4 Å². The molecule has 0 spiro atoms. The van der Waals surface area contributed by atoms with Crippen LogP contribution in [0.15, 0.2) is 35.4 Å². The molecule has 1 aliphatic heterocycles. The number of carbonyl (C=O) groups excluding carboxylic acids is 1. The first-order chi connectivity index (χ1) is 16.1. The molecule has 1 fully saturated rings. The number of benzene rings is 1. The van der Waals surface area contributed by atoms with Crippen molar-refractivity contribution in [2.75, 3.05) is 19.6 Å². The molecule has 0 bridgehead atoms. The van der Waals surface area contributed by atoms with Crippen molar-refractivity contribution in [1.29, 1.82) is 0 Å². The minimum atomic E-state index is -4.85. The fourth-order valence-electron chi connectivity index (χ4n) is 4.10. The van der Waals surface area contributed by atoms with E-state index in [4.69, 9.17) is 6.42 Å². The Morgan fingerprint density at radius 3 is 2.79 bits per heavy atom. The topological polar surface area (TPSA) is 99.3 Å². The summed E-state index contributed by atoms with van der Waals surface area (Å²) in [5.74, 6) is 2.41. The van der Waals surface area contributed by atoms with Gasteiger partial charge in [0.25, 0.3) is 0 Å². The Hall–Kier alpha value is -3.07. The monoisotopic (exact) mass is 501 g/mol. The zero-order valence-corrected chi connectivity index (χ0v) is 20.4. The predicted molar refractivity (Wildman–Crippen MR) is 127 cm³/mol. The first-order valence-electron chi connectivity index (χ1n) is 10.7. The molecule has 1 amide bonds. The lowest BCUT2D eigenvalue weighted by atomic mass is 10.1. The molecule has 1 aliphatic rings. The molecule has 8 nitrogen and oxygen atoms in total. The van der Waals surface area contributed by atoms with Crippen molar-refractivity contribution in [2.24, 2.45) is 0 Å². The minimum absolute atomic E-state index is 0.0372. The number of carbonyl (C=O) groups is 1. The Kier molecular flexibility index (Phi) is 6.84. The Labute approximate surface area is 202 Å². The molecule has 3 aromatic rings. The van der Waals surface area contributed by atoms with E-state index in [2.05, 4.69) is 26.0 Å². The van der Waals surface area contributed by atoms with E-state index in [1.54, 1.807) is 12.3 Å².